The van der Waals surface area contributed by atoms with E-state index in [1.807, 2.05) is 0 Å². The Hall–Kier alpha value is -1.84. The molecule has 0 unspecified atom stereocenters. The quantitative estimate of drug-likeness (QED) is 0.120. The van der Waals surface area contributed by atoms with Gasteiger partial charge in [-0.15, -0.1) is 0 Å². The Balaban J connectivity index is 1.84. The van der Waals surface area contributed by atoms with Crippen molar-refractivity contribution in [1.82, 2.24) is 10.0 Å². The Morgan fingerprint density at radius 1 is 0.778 bits per heavy atom. The van der Waals surface area contributed by atoms with Crippen molar-refractivity contribution in [1.29, 1.82) is 0 Å². The van der Waals surface area contributed by atoms with E-state index >= 15 is 0 Å². The molecule has 184 valence electrons. The summed E-state index contributed by atoms with van der Waals surface area (Å²) in [4.78, 5) is 53.6. The number of hydrogen-bond donors (Lipinski definition) is 0. The maximum atomic E-state index is 13.6. The SMILES string of the molecule is O=C(CN(C(=O)c1ccc(Cl)cc1Cl)N1C(=O)c2c(Cl)c(Cl)c(Cl)c(Cl)c2C1=O)c1ccc(Br)cc1. The van der Waals surface area contributed by atoms with Gasteiger partial charge >= 0.3 is 0 Å². The van der Waals surface area contributed by atoms with E-state index in [2.05, 4.69) is 15.9 Å². The summed E-state index contributed by atoms with van der Waals surface area (Å²) in [6.45, 7) is -0.707. The van der Waals surface area contributed by atoms with Crippen LogP contribution < -0.4 is 0 Å². The van der Waals surface area contributed by atoms with Crippen molar-refractivity contribution in [2.45, 2.75) is 0 Å². The van der Waals surface area contributed by atoms with Gasteiger partial charge in [0.05, 0.1) is 41.8 Å². The lowest BCUT2D eigenvalue weighted by Crippen LogP contribution is -2.51. The van der Waals surface area contributed by atoms with Crippen LogP contribution in [0.5, 0.6) is 0 Å². The molecule has 1 aliphatic rings. The minimum atomic E-state index is -1.03. The zero-order valence-corrected chi connectivity index (χ0v) is 23.5. The van der Waals surface area contributed by atoms with Crippen LogP contribution in [-0.4, -0.2) is 40.1 Å². The highest BCUT2D eigenvalue weighted by atomic mass is 79.9. The Bertz CT molecular complexity index is 1430. The molecule has 1 heterocycles. The summed E-state index contributed by atoms with van der Waals surface area (Å²) >= 11 is 40.0. The van der Waals surface area contributed by atoms with Crippen LogP contribution in [-0.2, 0) is 0 Å². The molecular formula is C23H9BrCl6N2O4. The summed E-state index contributed by atoms with van der Waals surface area (Å²) in [5.41, 5.74) is -0.597. The van der Waals surface area contributed by atoms with Crippen LogP contribution in [0.15, 0.2) is 46.9 Å². The first-order chi connectivity index (χ1) is 16.9. The van der Waals surface area contributed by atoms with Crippen LogP contribution in [0.3, 0.4) is 0 Å². The van der Waals surface area contributed by atoms with E-state index in [1.54, 1.807) is 12.1 Å². The number of amides is 3. The standard InChI is InChI=1S/C23H9BrCl6N2O4/c24-10-3-1-9(2-4-10)14(33)8-31(21(34)12-6-5-11(25)7-13(12)26)32-22(35)15-16(23(32)36)18(28)20(30)19(29)17(15)27/h1-7H,8H2. The summed E-state index contributed by atoms with van der Waals surface area (Å²) in [6.07, 6.45) is 0. The summed E-state index contributed by atoms with van der Waals surface area (Å²) in [6, 6.07) is 10.3. The first-order valence-electron chi connectivity index (χ1n) is 9.74. The van der Waals surface area contributed by atoms with Gasteiger partial charge in [-0.05, 0) is 30.3 Å². The maximum absolute atomic E-state index is 13.6. The molecule has 0 spiro atoms. The number of carbonyl (C=O) groups is 4. The largest absolute Gasteiger partial charge is 0.292 e. The number of ketones is 1. The van der Waals surface area contributed by atoms with Crippen molar-refractivity contribution in [2.24, 2.45) is 0 Å². The second-order valence-corrected chi connectivity index (χ2v) is 10.6. The average molecular weight is 670 g/mol. The molecular weight excluding hydrogens is 661 g/mol. The molecule has 6 nitrogen and oxygen atoms in total. The number of hydrogen-bond acceptors (Lipinski definition) is 4. The molecule has 1 aliphatic heterocycles. The zero-order valence-electron chi connectivity index (χ0n) is 17.4. The minimum absolute atomic E-state index is 0.0626. The van der Waals surface area contributed by atoms with E-state index in [0.717, 1.165) is 4.47 Å². The number of carbonyl (C=O) groups excluding carboxylic acids is 4. The Morgan fingerprint density at radius 3 is 1.81 bits per heavy atom. The van der Waals surface area contributed by atoms with Gasteiger partial charge in [-0.3, -0.25) is 19.2 Å². The third-order valence-electron chi connectivity index (χ3n) is 5.18. The van der Waals surface area contributed by atoms with Crippen LogP contribution in [0.2, 0.25) is 30.1 Å². The fourth-order valence-electron chi connectivity index (χ4n) is 3.46. The van der Waals surface area contributed by atoms with Crippen molar-refractivity contribution >= 4 is 109 Å². The Morgan fingerprint density at radius 2 is 1.31 bits per heavy atom. The van der Waals surface area contributed by atoms with E-state index in [4.69, 9.17) is 69.6 Å². The van der Waals surface area contributed by atoms with E-state index in [0.29, 0.717) is 10.0 Å². The van der Waals surface area contributed by atoms with Gasteiger partial charge in [-0.25, -0.2) is 5.01 Å². The smallest absolute Gasteiger partial charge is 0.282 e. The number of rotatable bonds is 5. The molecule has 0 saturated carbocycles. The fraction of sp³-hybridized carbons (Fsp3) is 0.0435. The number of nitrogens with zero attached hydrogens (tertiary/aromatic N) is 2. The molecule has 3 amide bonds. The van der Waals surface area contributed by atoms with Crippen molar-refractivity contribution in [3.8, 4) is 0 Å². The van der Waals surface area contributed by atoms with Gasteiger partial charge < -0.3 is 0 Å². The Kier molecular flexibility index (Phi) is 7.93. The van der Waals surface area contributed by atoms with Crippen molar-refractivity contribution in [3.63, 3.8) is 0 Å². The third-order valence-corrected chi connectivity index (χ3v) is 8.06. The molecule has 0 bridgehead atoms. The molecule has 36 heavy (non-hydrogen) atoms. The molecule has 0 aliphatic carbocycles. The maximum Gasteiger partial charge on any atom is 0.282 e. The first-order valence-corrected chi connectivity index (χ1v) is 12.8. The number of halogens is 7. The van der Waals surface area contributed by atoms with Gasteiger partial charge in [-0.2, -0.15) is 5.01 Å². The fourth-order valence-corrected chi connectivity index (χ4v) is 5.22. The summed E-state index contributed by atoms with van der Waals surface area (Å²) in [5.74, 6) is -3.56. The van der Waals surface area contributed by atoms with Gasteiger partial charge in [0.25, 0.3) is 17.7 Å². The van der Waals surface area contributed by atoms with Gasteiger partial charge in [0.15, 0.2) is 5.78 Å². The van der Waals surface area contributed by atoms with Gasteiger partial charge in [-0.1, -0.05) is 97.7 Å². The highest BCUT2D eigenvalue weighted by Gasteiger charge is 2.46. The van der Waals surface area contributed by atoms with Gasteiger partial charge in [0.2, 0.25) is 0 Å². The van der Waals surface area contributed by atoms with Gasteiger partial charge in [0.1, 0.15) is 6.54 Å². The zero-order chi connectivity index (χ0) is 26.5. The molecule has 3 aromatic rings. The number of fused-ring (bicyclic) bond motifs is 1. The molecule has 0 atom stereocenters. The van der Waals surface area contributed by atoms with Crippen LogP contribution in [0.1, 0.15) is 41.4 Å². The number of imide groups is 1. The molecule has 0 radical (unpaired) electrons. The van der Waals surface area contributed by atoms with E-state index in [1.165, 1.54) is 30.3 Å². The summed E-state index contributed by atoms with van der Waals surface area (Å²) in [7, 11) is 0. The highest BCUT2D eigenvalue weighted by molar-refractivity contribution is 9.10. The van der Waals surface area contributed by atoms with Crippen molar-refractivity contribution < 1.29 is 19.2 Å². The predicted molar refractivity (Wildman–Crippen MR) is 143 cm³/mol. The lowest BCUT2D eigenvalue weighted by atomic mass is 10.1. The molecule has 0 saturated heterocycles. The average Bonchev–Trinajstić information content (AvgIpc) is 3.09. The van der Waals surface area contributed by atoms with Crippen LogP contribution in [0, 0.1) is 0 Å². The van der Waals surface area contributed by atoms with E-state index in [-0.39, 0.29) is 52.4 Å². The van der Waals surface area contributed by atoms with Crippen LogP contribution in [0.25, 0.3) is 0 Å². The van der Waals surface area contributed by atoms with Crippen molar-refractivity contribution in [2.75, 3.05) is 6.54 Å². The molecule has 13 heteroatoms. The number of hydrazine groups is 1. The van der Waals surface area contributed by atoms with E-state index < -0.39 is 30.0 Å². The number of benzene rings is 3. The highest BCUT2D eigenvalue weighted by Crippen LogP contribution is 2.45. The molecule has 3 aromatic carbocycles. The van der Waals surface area contributed by atoms with Crippen LogP contribution >= 0.6 is 85.5 Å². The summed E-state index contributed by atoms with van der Waals surface area (Å²) in [5, 5.41) is 0.197. The number of Topliss-reactive ketones (excluding diaryl/α,β-unsaturated/α-hetero) is 1. The van der Waals surface area contributed by atoms with Crippen molar-refractivity contribution in [3.05, 3.63) is 99.3 Å². The normalized spacial score (nSPS) is 12.7. The van der Waals surface area contributed by atoms with Gasteiger partial charge in [0, 0.05) is 15.1 Å². The molecule has 0 fully saturated rings. The van der Waals surface area contributed by atoms with Crippen LogP contribution in [0.4, 0.5) is 0 Å². The third kappa shape index (κ3) is 4.74. The molecule has 4 rings (SSSR count). The minimum Gasteiger partial charge on any atom is -0.292 e. The Labute approximate surface area is 242 Å². The van der Waals surface area contributed by atoms with E-state index in [9.17, 15) is 19.2 Å². The topological polar surface area (TPSA) is 74.8 Å². The predicted octanol–water partition coefficient (Wildman–Crippen LogP) is 7.91. The monoisotopic (exact) mass is 666 g/mol. The molecule has 0 aromatic heterocycles. The molecule has 0 N–H and O–H groups in total. The second-order valence-electron chi connectivity index (χ2n) is 7.35. The lowest BCUT2D eigenvalue weighted by Gasteiger charge is -2.29. The second kappa shape index (κ2) is 10.5. The summed E-state index contributed by atoms with van der Waals surface area (Å²) < 4.78 is 0.721. The first kappa shape index (κ1) is 27.2. The lowest BCUT2D eigenvalue weighted by molar-refractivity contribution is 0.00533.